The van der Waals surface area contributed by atoms with Crippen LogP contribution in [0.3, 0.4) is 0 Å². The lowest BCUT2D eigenvalue weighted by molar-refractivity contribution is 0.193. The van der Waals surface area contributed by atoms with E-state index in [2.05, 4.69) is 36.2 Å². The SMILES string of the molecule is C[C@@H](CCCn1cnc2cnc3cc(F)c(Br)cc3c21)Oc1ncc(F)cc1[C@H]1C[C@H](F)CN1. The van der Waals surface area contributed by atoms with Crippen molar-refractivity contribution in [1.82, 2.24) is 24.8 Å². The summed E-state index contributed by atoms with van der Waals surface area (Å²) in [4.78, 5) is 12.9. The van der Waals surface area contributed by atoms with E-state index in [1.807, 2.05) is 11.5 Å². The molecule has 34 heavy (non-hydrogen) atoms. The molecule has 3 aromatic heterocycles. The predicted octanol–water partition coefficient (Wildman–Crippen LogP) is 5.64. The molecule has 0 radical (unpaired) electrons. The van der Waals surface area contributed by atoms with Gasteiger partial charge in [0.05, 0.1) is 40.3 Å². The molecule has 1 aliphatic rings. The molecule has 0 unspecified atom stereocenters. The molecule has 1 aliphatic heterocycles. The maximum absolute atomic E-state index is 13.9. The van der Waals surface area contributed by atoms with Gasteiger partial charge in [-0.1, -0.05) is 0 Å². The summed E-state index contributed by atoms with van der Waals surface area (Å²) in [7, 11) is 0. The number of halogens is 4. The van der Waals surface area contributed by atoms with Gasteiger partial charge in [-0.15, -0.1) is 0 Å². The molecule has 4 heterocycles. The minimum absolute atomic E-state index is 0.185. The average molecular weight is 534 g/mol. The molecule has 3 atom stereocenters. The number of alkyl halides is 1. The molecular weight excluding hydrogens is 511 g/mol. The normalized spacial score (nSPS) is 19.2. The highest BCUT2D eigenvalue weighted by molar-refractivity contribution is 9.10. The first kappa shape index (κ1) is 23.0. The summed E-state index contributed by atoms with van der Waals surface area (Å²) in [6, 6.07) is 4.18. The van der Waals surface area contributed by atoms with Gasteiger partial charge in [0.2, 0.25) is 5.88 Å². The number of nitrogens with zero attached hydrogens (tertiary/aromatic N) is 4. The fourth-order valence-electron chi connectivity index (χ4n) is 4.44. The zero-order chi connectivity index (χ0) is 23.8. The van der Waals surface area contributed by atoms with E-state index in [0.29, 0.717) is 34.4 Å². The van der Waals surface area contributed by atoms with Gasteiger partial charge >= 0.3 is 0 Å². The summed E-state index contributed by atoms with van der Waals surface area (Å²) in [5.41, 5.74) is 2.75. The zero-order valence-electron chi connectivity index (χ0n) is 18.4. The van der Waals surface area contributed by atoms with Gasteiger partial charge in [0.15, 0.2) is 0 Å². The van der Waals surface area contributed by atoms with E-state index in [9.17, 15) is 13.2 Å². The molecule has 4 aromatic rings. The molecule has 0 amide bonds. The van der Waals surface area contributed by atoms with Gasteiger partial charge in [-0.25, -0.2) is 23.1 Å². The number of nitrogens with one attached hydrogen (secondary N) is 1. The maximum atomic E-state index is 13.9. The topological polar surface area (TPSA) is 64.9 Å². The highest BCUT2D eigenvalue weighted by atomic mass is 79.9. The van der Waals surface area contributed by atoms with Crippen molar-refractivity contribution < 1.29 is 17.9 Å². The minimum Gasteiger partial charge on any atom is -0.474 e. The Balaban J connectivity index is 1.28. The van der Waals surface area contributed by atoms with E-state index in [4.69, 9.17) is 4.74 Å². The molecule has 1 saturated heterocycles. The van der Waals surface area contributed by atoms with Crippen LogP contribution in [0.2, 0.25) is 0 Å². The summed E-state index contributed by atoms with van der Waals surface area (Å²) in [6.45, 7) is 2.85. The Bertz CT molecular complexity index is 1350. The van der Waals surface area contributed by atoms with Crippen LogP contribution in [0.5, 0.6) is 5.88 Å². The Kier molecular flexibility index (Phi) is 6.44. The maximum Gasteiger partial charge on any atom is 0.218 e. The first-order chi connectivity index (χ1) is 16.4. The van der Waals surface area contributed by atoms with Crippen molar-refractivity contribution >= 4 is 37.9 Å². The fraction of sp³-hybridized carbons (Fsp3) is 0.375. The Morgan fingerprint density at radius 2 is 2.03 bits per heavy atom. The largest absolute Gasteiger partial charge is 0.474 e. The van der Waals surface area contributed by atoms with Gasteiger partial charge in [0.25, 0.3) is 0 Å². The fourth-order valence-corrected chi connectivity index (χ4v) is 4.78. The van der Waals surface area contributed by atoms with Crippen molar-refractivity contribution in [2.75, 3.05) is 6.54 Å². The number of benzene rings is 1. The van der Waals surface area contributed by atoms with E-state index in [1.54, 1.807) is 18.6 Å². The van der Waals surface area contributed by atoms with E-state index in [-0.39, 0.29) is 30.9 Å². The smallest absolute Gasteiger partial charge is 0.218 e. The summed E-state index contributed by atoms with van der Waals surface area (Å²) in [5.74, 6) is -0.503. The Labute approximate surface area is 202 Å². The molecule has 0 saturated carbocycles. The average Bonchev–Trinajstić information content (AvgIpc) is 3.42. The number of hydrogen-bond donors (Lipinski definition) is 1. The molecule has 6 nitrogen and oxygen atoms in total. The summed E-state index contributed by atoms with van der Waals surface area (Å²) in [6.07, 6.45) is 5.13. The molecule has 1 aromatic carbocycles. The number of ether oxygens (including phenoxy) is 1. The van der Waals surface area contributed by atoms with Crippen LogP contribution in [0.15, 0.2) is 41.4 Å². The minimum atomic E-state index is -0.966. The van der Waals surface area contributed by atoms with E-state index in [1.165, 1.54) is 12.1 Å². The third-order valence-corrected chi connectivity index (χ3v) is 6.71. The van der Waals surface area contributed by atoms with E-state index >= 15 is 0 Å². The third-order valence-electron chi connectivity index (χ3n) is 6.11. The summed E-state index contributed by atoms with van der Waals surface area (Å²) >= 11 is 3.25. The van der Waals surface area contributed by atoms with Crippen molar-refractivity contribution in [2.24, 2.45) is 0 Å². The summed E-state index contributed by atoms with van der Waals surface area (Å²) < 4.78 is 49.8. The van der Waals surface area contributed by atoms with Crippen LogP contribution < -0.4 is 10.1 Å². The first-order valence-corrected chi connectivity index (χ1v) is 12.0. The van der Waals surface area contributed by atoms with Crippen LogP contribution in [0.4, 0.5) is 13.2 Å². The van der Waals surface area contributed by atoms with Gasteiger partial charge in [0, 0.05) is 36.1 Å². The standard InChI is InChI=1S/C24H23BrF3N5O/c1-13(34-24-17(5-14(26)10-31-24)20-6-15(27)9-29-20)3-2-4-33-12-32-22-11-30-21-8-19(28)18(25)7-16(21)23(22)33/h5,7-8,10-13,15,20,29H,2-4,6,9H2,1H3/t13-,15-,20+/m0/s1. The highest BCUT2D eigenvalue weighted by Crippen LogP contribution is 2.32. The monoisotopic (exact) mass is 533 g/mol. The van der Waals surface area contributed by atoms with Crippen molar-refractivity contribution in [3.63, 3.8) is 0 Å². The second-order valence-corrected chi connectivity index (χ2v) is 9.48. The number of fused-ring (bicyclic) bond motifs is 3. The van der Waals surface area contributed by atoms with Gasteiger partial charge in [-0.2, -0.15) is 0 Å². The Morgan fingerprint density at radius 3 is 2.82 bits per heavy atom. The molecule has 178 valence electrons. The molecule has 1 N–H and O–H groups in total. The zero-order valence-corrected chi connectivity index (χ0v) is 20.0. The lowest BCUT2D eigenvalue weighted by Gasteiger charge is -2.19. The van der Waals surface area contributed by atoms with Crippen LogP contribution in [0, 0.1) is 11.6 Å². The third kappa shape index (κ3) is 4.61. The number of pyridine rings is 2. The van der Waals surface area contributed by atoms with Crippen molar-refractivity contribution in [3.05, 3.63) is 58.6 Å². The van der Waals surface area contributed by atoms with Gasteiger partial charge < -0.3 is 14.6 Å². The molecule has 0 bridgehead atoms. The molecular formula is C24H23BrF3N5O. The van der Waals surface area contributed by atoms with Crippen molar-refractivity contribution in [3.8, 4) is 5.88 Å². The van der Waals surface area contributed by atoms with Crippen LogP contribution in [-0.2, 0) is 6.54 Å². The number of hydrogen-bond acceptors (Lipinski definition) is 5. The first-order valence-electron chi connectivity index (χ1n) is 11.2. The highest BCUT2D eigenvalue weighted by Gasteiger charge is 2.28. The van der Waals surface area contributed by atoms with Crippen LogP contribution in [-0.4, -0.2) is 38.3 Å². The Morgan fingerprint density at radius 1 is 1.18 bits per heavy atom. The van der Waals surface area contributed by atoms with Crippen LogP contribution in [0.1, 0.15) is 37.8 Å². The molecule has 0 spiro atoms. The predicted molar refractivity (Wildman–Crippen MR) is 126 cm³/mol. The Hall–Kier alpha value is -2.72. The second kappa shape index (κ2) is 9.50. The molecule has 5 rings (SSSR count). The number of rotatable bonds is 7. The van der Waals surface area contributed by atoms with Crippen LogP contribution in [0.25, 0.3) is 21.9 Å². The molecule has 0 aliphatic carbocycles. The van der Waals surface area contributed by atoms with Gasteiger partial charge in [-0.05, 0) is 54.2 Å². The van der Waals surface area contributed by atoms with Crippen molar-refractivity contribution in [2.45, 2.75) is 51.0 Å². The van der Waals surface area contributed by atoms with Gasteiger partial charge in [-0.3, -0.25) is 4.98 Å². The summed E-state index contributed by atoms with van der Waals surface area (Å²) in [5, 5.41) is 3.88. The second-order valence-electron chi connectivity index (χ2n) is 8.63. The van der Waals surface area contributed by atoms with Crippen LogP contribution >= 0.6 is 15.9 Å². The van der Waals surface area contributed by atoms with E-state index < -0.39 is 12.0 Å². The van der Waals surface area contributed by atoms with Gasteiger partial charge in [0.1, 0.15) is 23.3 Å². The molecule has 1 fully saturated rings. The number of aryl methyl sites for hydroxylation is 1. The number of aromatic nitrogens is 4. The number of imidazole rings is 1. The van der Waals surface area contributed by atoms with Crippen molar-refractivity contribution in [1.29, 1.82) is 0 Å². The molecule has 10 heteroatoms. The lowest BCUT2D eigenvalue weighted by Crippen LogP contribution is -2.19. The quantitative estimate of drug-likeness (QED) is 0.333. The lowest BCUT2D eigenvalue weighted by atomic mass is 10.1. The van der Waals surface area contributed by atoms with E-state index in [0.717, 1.165) is 29.0 Å².